The Hall–Kier alpha value is -1.64. The fourth-order valence-electron chi connectivity index (χ4n) is 2.86. The zero-order chi connectivity index (χ0) is 14.5. The normalized spacial score (nSPS) is 18.0. The summed E-state index contributed by atoms with van der Waals surface area (Å²) in [6.07, 6.45) is 4.14. The molecule has 0 saturated heterocycles. The van der Waals surface area contributed by atoms with Gasteiger partial charge in [-0.15, -0.1) is 0 Å². The summed E-state index contributed by atoms with van der Waals surface area (Å²) >= 11 is 0. The molecule has 1 aliphatic carbocycles. The summed E-state index contributed by atoms with van der Waals surface area (Å²) in [6.45, 7) is 0. The Kier molecular flexibility index (Phi) is 4.69. The summed E-state index contributed by atoms with van der Waals surface area (Å²) in [5.74, 6) is 0. The minimum Gasteiger partial charge on any atom is -0.368 e. The Labute approximate surface area is 127 Å². The summed E-state index contributed by atoms with van der Waals surface area (Å²) in [4.78, 5) is 0. The number of nitrogens with one attached hydrogen (secondary N) is 1. The van der Waals surface area contributed by atoms with Crippen LogP contribution >= 0.6 is 0 Å². The number of likely N-dealkylation sites (N-methyl/N-ethyl adjacent to an activating group) is 1. The van der Waals surface area contributed by atoms with Gasteiger partial charge in [-0.05, 0) is 37.4 Å². The maximum Gasteiger partial charge on any atom is 0.102 e. The van der Waals surface area contributed by atoms with Gasteiger partial charge in [-0.3, -0.25) is 0 Å². The standard InChI is InChI=1S/C19H23NO/c1-20-18(15-9-4-2-5-10-15)19(21-17-13-8-14-17)16-11-6-3-7-12-16/h2-7,9-12,17-20H,8,13-14H2,1H3. The largest absolute Gasteiger partial charge is 0.368 e. The van der Waals surface area contributed by atoms with Crippen LogP contribution in [0.15, 0.2) is 60.7 Å². The number of rotatable bonds is 6. The topological polar surface area (TPSA) is 21.3 Å². The molecular formula is C19H23NO. The smallest absolute Gasteiger partial charge is 0.102 e. The minimum absolute atomic E-state index is 0.0592. The lowest BCUT2D eigenvalue weighted by atomic mass is 9.92. The third-order valence-electron chi connectivity index (χ3n) is 4.29. The quantitative estimate of drug-likeness (QED) is 0.854. The van der Waals surface area contributed by atoms with Gasteiger partial charge in [0.2, 0.25) is 0 Å². The van der Waals surface area contributed by atoms with E-state index >= 15 is 0 Å². The maximum absolute atomic E-state index is 6.42. The van der Waals surface area contributed by atoms with Gasteiger partial charge in [0.05, 0.1) is 12.1 Å². The molecule has 0 radical (unpaired) electrons. The van der Waals surface area contributed by atoms with Crippen LogP contribution in [0.25, 0.3) is 0 Å². The number of hydrogen-bond acceptors (Lipinski definition) is 2. The third kappa shape index (κ3) is 3.34. The van der Waals surface area contributed by atoms with Crippen molar-refractivity contribution < 1.29 is 4.74 Å². The van der Waals surface area contributed by atoms with Crippen LogP contribution < -0.4 is 5.32 Å². The van der Waals surface area contributed by atoms with E-state index in [-0.39, 0.29) is 12.1 Å². The van der Waals surface area contributed by atoms with Crippen LogP contribution in [0.2, 0.25) is 0 Å². The van der Waals surface area contributed by atoms with Crippen molar-refractivity contribution in [3.63, 3.8) is 0 Å². The van der Waals surface area contributed by atoms with E-state index in [0.29, 0.717) is 6.10 Å². The first kappa shape index (κ1) is 14.3. The molecule has 2 heteroatoms. The highest BCUT2D eigenvalue weighted by Crippen LogP contribution is 2.36. The molecule has 0 aliphatic heterocycles. The molecule has 0 amide bonds. The Morgan fingerprint density at radius 2 is 1.48 bits per heavy atom. The SMILES string of the molecule is CNC(c1ccccc1)C(OC1CCC1)c1ccccc1. The van der Waals surface area contributed by atoms with Gasteiger partial charge in [0.25, 0.3) is 0 Å². The van der Waals surface area contributed by atoms with Gasteiger partial charge >= 0.3 is 0 Å². The van der Waals surface area contributed by atoms with E-state index in [0.717, 1.165) is 0 Å². The van der Waals surface area contributed by atoms with E-state index < -0.39 is 0 Å². The van der Waals surface area contributed by atoms with Crippen LogP contribution in [0.5, 0.6) is 0 Å². The highest BCUT2D eigenvalue weighted by molar-refractivity contribution is 5.26. The maximum atomic E-state index is 6.42. The minimum atomic E-state index is 0.0592. The molecule has 2 atom stereocenters. The number of hydrogen-bond donors (Lipinski definition) is 1. The predicted molar refractivity (Wildman–Crippen MR) is 86.1 cm³/mol. The predicted octanol–water partition coefficient (Wildman–Crippen LogP) is 4.26. The van der Waals surface area contributed by atoms with Crippen molar-refractivity contribution in [2.75, 3.05) is 7.05 Å². The van der Waals surface area contributed by atoms with Gasteiger partial charge in [0.15, 0.2) is 0 Å². The van der Waals surface area contributed by atoms with Gasteiger partial charge in [-0.25, -0.2) is 0 Å². The van der Waals surface area contributed by atoms with Crippen molar-refractivity contribution >= 4 is 0 Å². The molecule has 0 aromatic heterocycles. The van der Waals surface area contributed by atoms with E-state index in [1.165, 1.54) is 30.4 Å². The highest BCUT2D eigenvalue weighted by Gasteiger charge is 2.29. The summed E-state index contributed by atoms with van der Waals surface area (Å²) in [5.41, 5.74) is 2.51. The second kappa shape index (κ2) is 6.88. The molecule has 0 heterocycles. The summed E-state index contributed by atoms with van der Waals surface area (Å²) in [7, 11) is 2.01. The van der Waals surface area contributed by atoms with Gasteiger partial charge in [0.1, 0.15) is 6.10 Å². The van der Waals surface area contributed by atoms with Crippen molar-refractivity contribution in [2.24, 2.45) is 0 Å². The molecule has 3 rings (SSSR count). The van der Waals surface area contributed by atoms with Crippen molar-refractivity contribution in [2.45, 2.75) is 37.5 Å². The summed E-state index contributed by atoms with van der Waals surface area (Å²) < 4.78 is 6.42. The van der Waals surface area contributed by atoms with E-state index in [1.807, 2.05) is 7.05 Å². The van der Waals surface area contributed by atoms with Crippen molar-refractivity contribution in [3.05, 3.63) is 71.8 Å². The molecule has 110 valence electrons. The monoisotopic (exact) mass is 281 g/mol. The summed E-state index contributed by atoms with van der Waals surface area (Å²) in [6, 6.07) is 21.3. The molecule has 1 saturated carbocycles. The zero-order valence-electron chi connectivity index (χ0n) is 12.5. The molecule has 1 aliphatic rings. The molecule has 2 aromatic rings. The first-order chi connectivity index (χ1) is 10.4. The zero-order valence-corrected chi connectivity index (χ0v) is 12.5. The molecule has 0 spiro atoms. The van der Waals surface area contributed by atoms with Gasteiger partial charge in [-0.1, -0.05) is 60.7 Å². The molecule has 2 nitrogen and oxygen atoms in total. The van der Waals surface area contributed by atoms with Gasteiger partial charge in [0, 0.05) is 0 Å². The lowest BCUT2D eigenvalue weighted by Gasteiger charge is -2.35. The fourth-order valence-corrected chi connectivity index (χ4v) is 2.86. The number of benzene rings is 2. The van der Waals surface area contributed by atoms with Crippen LogP contribution in [0.3, 0.4) is 0 Å². The van der Waals surface area contributed by atoms with E-state index in [2.05, 4.69) is 66.0 Å². The van der Waals surface area contributed by atoms with Crippen molar-refractivity contribution in [3.8, 4) is 0 Å². The molecule has 21 heavy (non-hydrogen) atoms. The van der Waals surface area contributed by atoms with Crippen LogP contribution in [0.1, 0.15) is 42.5 Å². The average Bonchev–Trinajstić information content (AvgIpc) is 2.51. The Balaban J connectivity index is 1.89. The molecule has 1 fully saturated rings. The van der Waals surface area contributed by atoms with E-state index in [9.17, 15) is 0 Å². The second-order valence-electron chi connectivity index (χ2n) is 5.70. The second-order valence-corrected chi connectivity index (χ2v) is 5.70. The van der Waals surface area contributed by atoms with Crippen LogP contribution in [-0.4, -0.2) is 13.2 Å². The third-order valence-corrected chi connectivity index (χ3v) is 4.29. The highest BCUT2D eigenvalue weighted by atomic mass is 16.5. The Bertz CT molecular complexity index is 536. The molecule has 1 N–H and O–H groups in total. The lowest BCUT2D eigenvalue weighted by Crippen LogP contribution is -2.31. The summed E-state index contributed by atoms with van der Waals surface area (Å²) in [5, 5.41) is 3.45. The molecule has 2 aromatic carbocycles. The van der Waals surface area contributed by atoms with Crippen molar-refractivity contribution in [1.29, 1.82) is 0 Å². The molecule has 2 unspecified atom stereocenters. The average molecular weight is 281 g/mol. The van der Waals surface area contributed by atoms with E-state index in [4.69, 9.17) is 4.74 Å². The first-order valence-electron chi connectivity index (χ1n) is 7.81. The van der Waals surface area contributed by atoms with Crippen LogP contribution in [0.4, 0.5) is 0 Å². The number of ether oxygens (including phenoxy) is 1. The van der Waals surface area contributed by atoms with Crippen LogP contribution in [-0.2, 0) is 4.74 Å². The van der Waals surface area contributed by atoms with Gasteiger partial charge < -0.3 is 10.1 Å². The van der Waals surface area contributed by atoms with Crippen LogP contribution in [0, 0.1) is 0 Å². The molecule has 0 bridgehead atoms. The van der Waals surface area contributed by atoms with Crippen molar-refractivity contribution in [1.82, 2.24) is 5.32 Å². The fraction of sp³-hybridized carbons (Fsp3) is 0.368. The first-order valence-corrected chi connectivity index (χ1v) is 7.81. The van der Waals surface area contributed by atoms with E-state index in [1.54, 1.807) is 0 Å². The van der Waals surface area contributed by atoms with Gasteiger partial charge in [-0.2, -0.15) is 0 Å². The molecular weight excluding hydrogens is 258 g/mol. The Morgan fingerprint density at radius 3 is 1.95 bits per heavy atom. The Morgan fingerprint density at radius 1 is 0.905 bits per heavy atom. The lowest BCUT2D eigenvalue weighted by molar-refractivity contribution is -0.0683.